The highest BCUT2D eigenvalue weighted by atomic mass is 15.4. The van der Waals surface area contributed by atoms with E-state index in [0.29, 0.717) is 0 Å². The normalized spacial score (nSPS) is 10.0. The average molecular weight is 244 g/mol. The van der Waals surface area contributed by atoms with E-state index in [1.807, 2.05) is 36.4 Å². The minimum Gasteiger partial charge on any atom is -0.306 e. The Labute approximate surface area is 106 Å². The lowest BCUT2D eigenvalue weighted by Gasteiger charge is -2.09. The van der Waals surface area contributed by atoms with Crippen LogP contribution in [0.4, 0.5) is 11.6 Å². The third-order valence-electron chi connectivity index (χ3n) is 2.14. The SMILES string of the molecule is c1ccc(NNCCNNc2ccccn2)nc1. The zero-order valence-electron chi connectivity index (χ0n) is 9.93. The van der Waals surface area contributed by atoms with Gasteiger partial charge in [-0.15, -0.1) is 0 Å². The van der Waals surface area contributed by atoms with Crippen molar-refractivity contribution in [3.05, 3.63) is 48.8 Å². The van der Waals surface area contributed by atoms with Crippen LogP contribution in [0, 0.1) is 0 Å². The fraction of sp³-hybridized carbons (Fsp3) is 0.167. The Balaban J connectivity index is 1.54. The molecule has 2 rings (SSSR count). The summed E-state index contributed by atoms with van der Waals surface area (Å²) in [4.78, 5) is 8.25. The zero-order chi connectivity index (χ0) is 12.5. The highest BCUT2D eigenvalue weighted by molar-refractivity contribution is 5.32. The second-order valence-corrected chi connectivity index (χ2v) is 3.53. The van der Waals surface area contributed by atoms with Crippen molar-refractivity contribution < 1.29 is 0 Å². The summed E-state index contributed by atoms with van der Waals surface area (Å²) < 4.78 is 0. The van der Waals surface area contributed by atoms with Crippen molar-refractivity contribution >= 4 is 11.6 Å². The maximum Gasteiger partial charge on any atom is 0.140 e. The van der Waals surface area contributed by atoms with Gasteiger partial charge in [0, 0.05) is 25.5 Å². The third-order valence-corrected chi connectivity index (χ3v) is 2.14. The van der Waals surface area contributed by atoms with Crippen LogP contribution in [0.25, 0.3) is 0 Å². The lowest BCUT2D eigenvalue weighted by Crippen LogP contribution is -2.34. The summed E-state index contributed by atoms with van der Waals surface area (Å²) in [5.41, 5.74) is 12.1. The first-order valence-electron chi connectivity index (χ1n) is 5.75. The molecular weight excluding hydrogens is 228 g/mol. The molecule has 2 heterocycles. The molecule has 0 aromatic carbocycles. The monoisotopic (exact) mass is 244 g/mol. The van der Waals surface area contributed by atoms with Crippen molar-refractivity contribution in [1.82, 2.24) is 20.8 Å². The second-order valence-electron chi connectivity index (χ2n) is 3.53. The van der Waals surface area contributed by atoms with Crippen molar-refractivity contribution in [1.29, 1.82) is 0 Å². The maximum atomic E-state index is 4.12. The number of hydrogen-bond donors (Lipinski definition) is 4. The van der Waals surface area contributed by atoms with E-state index >= 15 is 0 Å². The van der Waals surface area contributed by atoms with Gasteiger partial charge >= 0.3 is 0 Å². The van der Waals surface area contributed by atoms with Crippen LogP contribution in [-0.4, -0.2) is 23.1 Å². The molecule has 6 nitrogen and oxygen atoms in total. The molecule has 18 heavy (non-hydrogen) atoms. The molecule has 2 aromatic rings. The Bertz CT molecular complexity index is 389. The summed E-state index contributed by atoms with van der Waals surface area (Å²) in [5.74, 6) is 1.60. The van der Waals surface area contributed by atoms with Crippen LogP contribution >= 0.6 is 0 Å². The first-order valence-corrected chi connectivity index (χ1v) is 5.75. The first kappa shape index (κ1) is 12.3. The molecule has 0 saturated heterocycles. The fourth-order valence-corrected chi connectivity index (χ4v) is 1.30. The first-order chi connectivity index (χ1) is 8.95. The smallest absolute Gasteiger partial charge is 0.140 e. The molecule has 0 radical (unpaired) electrons. The molecule has 0 aliphatic rings. The maximum absolute atomic E-state index is 4.12. The van der Waals surface area contributed by atoms with Crippen LogP contribution in [0.5, 0.6) is 0 Å². The van der Waals surface area contributed by atoms with Crippen molar-refractivity contribution in [3.8, 4) is 0 Å². The van der Waals surface area contributed by atoms with Crippen molar-refractivity contribution in [3.63, 3.8) is 0 Å². The molecule has 0 amide bonds. The summed E-state index contributed by atoms with van der Waals surface area (Å²) in [6, 6.07) is 11.4. The van der Waals surface area contributed by atoms with Crippen molar-refractivity contribution in [2.24, 2.45) is 0 Å². The van der Waals surface area contributed by atoms with Gasteiger partial charge in [-0.1, -0.05) is 12.1 Å². The van der Waals surface area contributed by atoms with Gasteiger partial charge in [0.15, 0.2) is 0 Å². The van der Waals surface area contributed by atoms with Gasteiger partial charge in [0.2, 0.25) is 0 Å². The minimum absolute atomic E-state index is 0.746. The molecule has 0 aliphatic carbocycles. The summed E-state index contributed by atoms with van der Waals surface area (Å²) in [5, 5.41) is 0. The number of pyridine rings is 2. The predicted octanol–water partition coefficient (Wildman–Crippen LogP) is 1.01. The Morgan fingerprint density at radius 2 is 1.22 bits per heavy atom. The number of nitrogens with zero attached hydrogens (tertiary/aromatic N) is 2. The number of hydrazine groups is 2. The molecule has 0 fully saturated rings. The van der Waals surface area contributed by atoms with Crippen LogP contribution in [0.2, 0.25) is 0 Å². The van der Waals surface area contributed by atoms with Gasteiger partial charge in [-0.2, -0.15) is 0 Å². The second kappa shape index (κ2) is 7.21. The van der Waals surface area contributed by atoms with Crippen LogP contribution in [0.3, 0.4) is 0 Å². The van der Waals surface area contributed by atoms with E-state index in [1.54, 1.807) is 12.4 Å². The molecule has 4 N–H and O–H groups in total. The minimum atomic E-state index is 0.746. The van der Waals surface area contributed by atoms with Crippen molar-refractivity contribution in [2.45, 2.75) is 0 Å². The fourth-order valence-electron chi connectivity index (χ4n) is 1.30. The topological polar surface area (TPSA) is 73.9 Å². The molecule has 94 valence electrons. The van der Waals surface area contributed by atoms with Crippen LogP contribution < -0.4 is 21.7 Å². The number of aromatic nitrogens is 2. The van der Waals surface area contributed by atoms with Crippen LogP contribution in [0.15, 0.2) is 48.8 Å². The molecule has 0 saturated carbocycles. The van der Waals surface area contributed by atoms with Crippen molar-refractivity contribution in [2.75, 3.05) is 23.9 Å². The third kappa shape index (κ3) is 4.36. The summed E-state index contributed by atoms with van der Waals surface area (Å²) in [6.45, 7) is 1.49. The molecule has 0 atom stereocenters. The van der Waals surface area contributed by atoms with E-state index in [2.05, 4.69) is 31.7 Å². The summed E-state index contributed by atoms with van der Waals surface area (Å²) in [7, 11) is 0. The Hall–Kier alpha value is -2.18. The number of anilines is 2. The highest BCUT2D eigenvalue weighted by Crippen LogP contribution is 1.97. The molecule has 0 bridgehead atoms. The Morgan fingerprint density at radius 3 is 1.61 bits per heavy atom. The van der Waals surface area contributed by atoms with E-state index in [4.69, 9.17) is 0 Å². The molecular formula is C12H16N6. The van der Waals surface area contributed by atoms with E-state index in [9.17, 15) is 0 Å². The van der Waals surface area contributed by atoms with Crippen LogP contribution in [0.1, 0.15) is 0 Å². The summed E-state index contributed by atoms with van der Waals surface area (Å²) >= 11 is 0. The summed E-state index contributed by atoms with van der Waals surface area (Å²) in [6.07, 6.45) is 3.48. The number of hydrogen-bond acceptors (Lipinski definition) is 6. The molecule has 0 unspecified atom stereocenters. The van der Waals surface area contributed by atoms with Gasteiger partial charge < -0.3 is 10.9 Å². The predicted molar refractivity (Wildman–Crippen MR) is 71.7 cm³/mol. The average Bonchev–Trinajstić information content (AvgIpc) is 2.45. The van der Waals surface area contributed by atoms with Gasteiger partial charge in [-0.05, 0) is 24.3 Å². The largest absolute Gasteiger partial charge is 0.306 e. The van der Waals surface area contributed by atoms with E-state index in [-0.39, 0.29) is 0 Å². The lowest BCUT2D eigenvalue weighted by atomic mass is 10.5. The van der Waals surface area contributed by atoms with E-state index in [1.165, 1.54) is 0 Å². The van der Waals surface area contributed by atoms with Gasteiger partial charge in [-0.25, -0.2) is 20.8 Å². The van der Waals surface area contributed by atoms with Gasteiger partial charge in [-0.3, -0.25) is 0 Å². The lowest BCUT2D eigenvalue weighted by molar-refractivity contribution is 0.700. The zero-order valence-corrected chi connectivity index (χ0v) is 9.93. The number of rotatable bonds is 7. The molecule has 2 aromatic heterocycles. The Kier molecular flexibility index (Phi) is 4.92. The van der Waals surface area contributed by atoms with E-state index in [0.717, 1.165) is 24.7 Å². The van der Waals surface area contributed by atoms with Gasteiger partial charge in [0.05, 0.1) is 0 Å². The Morgan fingerprint density at radius 1 is 0.722 bits per heavy atom. The van der Waals surface area contributed by atoms with E-state index < -0.39 is 0 Å². The molecule has 0 spiro atoms. The van der Waals surface area contributed by atoms with Gasteiger partial charge in [0.25, 0.3) is 0 Å². The molecule has 6 heteroatoms. The number of nitrogens with one attached hydrogen (secondary N) is 4. The molecule has 0 aliphatic heterocycles. The standard InChI is InChI=1S/C12H16N6/c1-3-7-13-11(5-1)17-15-9-10-16-18-12-6-2-4-8-14-12/h1-8,15-16H,9-10H2,(H,13,17)(H,14,18). The highest BCUT2D eigenvalue weighted by Gasteiger charge is 1.91. The quantitative estimate of drug-likeness (QED) is 0.430. The van der Waals surface area contributed by atoms with Crippen LogP contribution in [-0.2, 0) is 0 Å². The van der Waals surface area contributed by atoms with Gasteiger partial charge in [0.1, 0.15) is 11.6 Å².